The van der Waals surface area contributed by atoms with Crippen molar-refractivity contribution >= 4 is 11.7 Å². The molecule has 0 bridgehead atoms. The number of nitrogens with zero attached hydrogens (tertiary/aromatic N) is 1. The molecule has 0 saturated carbocycles. The molecule has 1 saturated heterocycles. The first-order chi connectivity index (χ1) is 9.08. The van der Waals surface area contributed by atoms with Crippen molar-refractivity contribution in [3.8, 4) is 0 Å². The van der Waals surface area contributed by atoms with Crippen LogP contribution in [0.5, 0.6) is 0 Å². The lowest BCUT2D eigenvalue weighted by Gasteiger charge is -2.14. The summed E-state index contributed by atoms with van der Waals surface area (Å²) in [4.78, 5) is 14.0. The van der Waals surface area contributed by atoms with Gasteiger partial charge in [-0.2, -0.15) is 0 Å². The summed E-state index contributed by atoms with van der Waals surface area (Å²) in [6.45, 7) is 4.65. The van der Waals surface area contributed by atoms with Crippen molar-refractivity contribution in [3.63, 3.8) is 0 Å². The predicted octanol–water partition coefficient (Wildman–Crippen LogP) is 1.97. The number of carbonyl (C=O) groups excluding carboxylic acids is 1. The average Bonchev–Trinajstić information content (AvgIpc) is 2.86. The molecule has 1 aliphatic rings. The summed E-state index contributed by atoms with van der Waals surface area (Å²) in [6, 6.07) is 2.82. The van der Waals surface area contributed by atoms with E-state index in [9.17, 15) is 9.18 Å². The highest BCUT2D eigenvalue weighted by atomic mass is 19.1. The van der Waals surface area contributed by atoms with E-state index in [1.165, 1.54) is 25.0 Å². The van der Waals surface area contributed by atoms with Gasteiger partial charge < -0.3 is 10.5 Å². The second-order valence-corrected chi connectivity index (χ2v) is 4.88. The van der Waals surface area contributed by atoms with Gasteiger partial charge in [0.05, 0.1) is 5.56 Å². The molecule has 0 aromatic heterocycles. The van der Waals surface area contributed by atoms with Crippen LogP contribution in [0.2, 0.25) is 0 Å². The number of halogens is 1. The Morgan fingerprint density at radius 3 is 2.79 bits per heavy atom. The number of hydrogen-bond donors (Lipinski definition) is 1. The summed E-state index contributed by atoms with van der Waals surface area (Å²) in [5.41, 5.74) is 6.25. The molecule has 1 aromatic rings. The highest BCUT2D eigenvalue weighted by Crippen LogP contribution is 2.18. The van der Waals surface area contributed by atoms with Crippen molar-refractivity contribution in [1.82, 2.24) is 4.90 Å². The van der Waals surface area contributed by atoms with E-state index >= 15 is 0 Å². The van der Waals surface area contributed by atoms with Gasteiger partial charge in [-0.05, 0) is 50.6 Å². The molecule has 2 rings (SSSR count). The minimum absolute atomic E-state index is 0.0843. The maximum absolute atomic E-state index is 13.8. The molecule has 104 valence electrons. The number of hydrogen-bond acceptors (Lipinski definition) is 4. The summed E-state index contributed by atoms with van der Waals surface area (Å²) >= 11 is 0. The number of aryl methyl sites for hydroxylation is 1. The van der Waals surface area contributed by atoms with Crippen molar-refractivity contribution in [2.45, 2.75) is 19.8 Å². The lowest BCUT2D eigenvalue weighted by atomic mass is 10.1. The second kappa shape index (κ2) is 6.02. The number of likely N-dealkylation sites (tertiary alicyclic amines) is 1. The number of carbonyl (C=O) groups is 1. The normalized spacial score (nSPS) is 15.7. The molecule has 0 aliphatic carbocycles. The molecule has 0 amide bonds. The molecule has 19 heavy (non-hydrogen) atoms. The minimum atomic E-state index is -0.646. The number of ether oxygens (including phenoxy) is 1. The Balaban J connectivity index is 1.92. The van der Waals surface area contributed by atoms with Gasteiger partial charge in [0.25, 0.3) is 0 Å². The fraction of sp³-hybridized carbons (Fsp3) is 0.500. The van der Waals surface area contributed by atoms with Gasteiger partial charge >= 0.3 is 5.97 Å². The number of rotatable bonds is 4. The highest BCUT2D eigenvalue weighted by molar-refractivity contribution is 5.91. The molecule has 1 heterocycles. The van der Waals surface area contributed by atoms with Crippen LogP contribution in [-0.2, 0) is 4.74 Å². The van der Waals surface area contributed by atoms with Gasteiger partial charge in [-0.1, -0.05) is 0 Å². The van der Waals surface area contributed by atoms with Crippen LogP contribution < -0.4 is 5.73 Å². The van der Waals surface area contributed by atoms with Gasteiger partial charge in [0.2, 0.25) is 0 Å². The Morgan fingerprint density at radius 1 is 1.42 bits per heavy atom. The molecule has 4 nitrogen and oxygen atoms in total. The summed E-state index contributed by atoms with van der Waals surface area (Å²) < 4.78 is 18.9. The Labute approximate surface area is 112 Å². The second-order valence-electron chi connectivity index (χ2n) is 4.88. The highest BCUT2D eigenvalue weighted by Gasteiger charge is 2.17. The van der Waals surface area contributed by atoms with Crippen LogP contribution in [0.15, 0.2) is 12.1 Å². The number of nitrogen functional groups attached to an aromatic ring is 1. The Kier molecular flexibility index (Phi) is 4.37. The molecule has 0 spiro atoms. The van der Waals surface area contributed by atoms with Crippen molar-refractivity contribution in [3.05, 3.63) is 29.1 Å². The SMILES string of the molecule is Cc1cc(N)cc(C(=O)OCCN2CCCC2)c1F. The summed E-state index contributed by atoms with van der Waals surface area (Å²) in [5, 5.41) is 0. The van der Waals surface area contributed by atoms with E-state index < -0.39 is 11.8 Å². The fourth-order valence-corrected chi connectivity index (χ4v) is 2.30. The Bertz CT molecular complexity index is 471. The first-order valence-electron chi connectivity index (χ1n) is 6.53. The Morgan fingerprint density at radius 2 is 2.11 bits per heavy atom. The lowest BCUT2D eigenvalue weighted by Crippen LogP contribution is -2.25. The van der Waals surface area contributed by atoms with Crippen LogP contribution in [0.1, 0.15) is 28.8 Å². The van der Waals surface area contributed by atoms with Crippen molar-refractivity contribution in [2.24, 2.45) is 0 Å². The monoisotopic (exact) mass is 266 g/mol. The molecule has 1 fully saturated rings. The molecule has 0 unspecified atom stereocenters. The standard InChI is InChI=1S/C14H19FN2O2/c1-10-8-11(16)9-12(13(10)15)14(18)19-7-6-17-4-2-3-5-17/h8-9H,2-7,16H2,1H3. The maximum Gasteiger partial charge on any atom is 0.341 e. The quantitative estimate of drug-likeness (QED) is 0.668. The Hall–Kier alpha value is -1.62. The first-order valence-corrected chi connectivity index (χ1v) is 6.53. The molecule has 2 N–H and O–H groups in total. The number of nitrogens with two attached hydrogens (primary N) is 1. The first kappa shape index (κ1) is 13.8. The van der Waals surface area contributed by atoms with Crippen molar-refractivity contribution in [2.75, 3.05) is 32.0 Å². The van der Waals surface area contributed by atoms with Crippen LogP contribution in [0.25, 0.3) is 0 Å². The van der Waals surface area contributed by atoms with Gasteiger partial charge in [-0.25, -0.2) is 9.18 Å². The van der Waals surface area contributed by atoms with E-state index in [0.717, 1.165) is 13.1 Å². The van der Waals surface area contributed by atoms with Gasteiger partial charge in [0.15, 0.2) is 0 Å². The average molecular weight is 266 g/mol. The van der Waals surface area contributed by atoms with Crippen LogP contribution in [0.4, 0.5) is 10.1 Å². The predicted molar refractivity (Wildman–Crippen MR) is 71.5 cm³/mol. The molecule has 5 heteroatoms. The molecular formula is C14H19FN2O2. The van der Waals surface area contributed by atoms with Gasteiger partial charge in [0, 0.05) is 12.2 Å². The van der Waals surface area contributed by atoms with Crippen LogP contribution in [-0.4, -0.2) is 37.1 Å². The zero-order chi connectivity index (χ0) is 13.8. The van der Waals surface area contributed by atoms with Crippen molar-refractivity contribution in [1.29, 1.82) is 0 Å². The van der Waals surface area contributed by atoms with Gasteiger partial charge in [-0.15, -0.1) is 0 Å². The molecule has 1 aliphatic heterocycles. The topological polar surface area (TPSA) is 55.6 Å². The minimum Gasteiger partial charge on any atom is -0.461 e. The van der Waals surface area contributed by atoms with E-state index in [1.807, 2.05) is 0 Å². The third-order valence-electron chi connectivity index (χ3n) is 3.34. The third-order valence-corrected chi connectivity index (χ3v) is 3.34. The zero-order valence-corrected chi connectivity index (χ0v) is 11.1. The maximum atomic E-state index is 13.8. The number of benzene rings is 1. The fourth-order valence-electron chi connectivity index (χ4n) is 2.30. The molecule has 0 atom stereocenters. The molecular weight excluding hydrogens is 247 g/mol. The van der Waals surface area contributed by atoms with Crippen LogP contribution >= 0.6 is 0 Å². The van der Waals surface area contributed by atoms with E-state index in [1.54, 1.807) is 6.92 Å². The van der Waals surface area contributed by atoms with Gasteiger partial charge in [-0.3, -0.25) is 4.90 Å². The largest absolute Gasteiger partial charge is 0.461 e. The lowest BCUT2D eigenvalue weighted by molar-refractivity contribution is 0.0467. The smallest absolute Gasteiger partial charge is 0.341 e. The molecule has 0 radical (unpaired) electrons. The summed E-state index contributed by atoms with van der Waals surface area (Å²) in [6.07, 6.45) is 2.38. The van der Waals surface area contributed by atoms with E-state index in [0.29, 0.717) is 17.8 Å². The van der Waals surface area contributed by atoms with Gasteiger partial charge in [0.1, 0.15) is 12.4 Å². The van der Waals surface area contributed by atoms with E-state index in [-0.39, 0.29) is 12.2 Å². The molecule has 1 aromatic carbocycles. The number of anilines is 1. The summed E-state index contributed by atoms with van der Waals surface area (Å²) in [7, 11) is 0. The van der Waals surface area contributed by atoms with Crippen LogP contribution in [0.3, 0.4) is 0 Å². The third kappa shape index (κ3) is 3.44. The zero-order valence-electron chi connectivity index (χ0n) is 11.1. The number of esters is 1. The van der Waals surface area contributed by atoms with Crippen molar-refractivity contribution < 1.29 is 13.9 Å². The van der Waals surface area contributed by atoms with E-state index in [4.69, 9.17) is 10.5 Å². The van der Waals surface area contributed by atoms with Crippen LogP contribution in [0, 0.1) is 12.7 Å². The summed E-state index contributed by atoms with van der Waals surface area (Å²) in [5.74, 6) is -1.20. The van der Waals surface area contributed by atoms with E-state index in [2.05, 4.69) is 4.90 Å².